The highest BCUT2D eigenvalue weighted by Crippen LogP contribution is 2.26. The van der Waals surface area contributed by atoms with Gasteiger partial charge in [0.2, 0.25) is 10.0 Å². The molecule has 0 saturated heterocycles. The van der Waals surface area contributed by atoms with Crippen molar-refractivity contribution in [3.8, 4) is 0 Å². The van der Waals surface area contributed by atoms with Gasteiger partial charge in [-0.1, -0.05) is 37.5 Å². The van der Waals surface area contributed by atoms with Gasteiger partial charge in [0, 0.05) is 0 Å². The average molecular weight is 330 g/mol. The van der Waals surface area contributed by atoms with Crippen LogP contribution in [0.4, 0.5) is 10.1 Å². The molecule has 1 aliphatic carbocycles. The topological polar surface area (TPSA) is 72.2 Å². The largest absolute Gasteiger partial charge is 0.389 e. The quantitative estimate of drug-likeness (QED) is 0.814. The number of anilines is 1. The third-order valence-corrected chi connectivity index (χ3v) is 5.35. The van der Waals surface area contributed by atoms with Crippen LogP contribution in [0.1, 0.15) is 37.7 Å². The van der Waals surface area contributed by atoms with Gasteiger partial charge in [-0.05, 0) is 30.9 Å². The molecule has 116 valence electrons. The number of nitrogens with one attached hydrogen (secondary N) is 1. The minimum Gasteiger partial charge on any atom is -0.389 e. The van der Waals surface area contributed by atoms with Crippen molar-refractivity contribution in [3.05, 3.63) is 29.6 Å². The maximum atomic E-state index is 13.7. The molecule has 1 aromatic carbocycles. The first-order valence-corrected chi connectivity index (χ1v) is 9.04. The Morgan fingerprint density at radius 3 is 2.62 bits per heavy atom. The third-order valence-electron chi connectivity index (χ3n) is 3.71. The van der Waals surface area contributed by atoms with E-state index in [0.29, 0.717) is 0 Å². The fraction of sp³-hybridized carbons (Fsp3) is 0.500. The van der Waals surface area contributed by atoms with Crippen LogP contribution in [-0.4, -0.2) is 19.2 Å². The smallest absolute Gasteiger partial charge is 0.233 e. The summed E-state index contributed by atoms with van der Waals surface area (Å²) in [5.41, 5.74) is 5.53. The van der Waals surface area contributed by atoms with E-state index in [1.165, 1.54) is 24.6 Å². The van der Waals surface area contributed by atoms with E-state index in [9.17, 15) is 12.8 Å². The monoisotopic (exact) mass is 330 g/mol. The Bertz CT molecular complexity index is 626. The van der Waals surface area contributed by atoms with Crippen LogP contribution in [0.2, 0.25) is 0 Å². The lowest BCUT2D eigenvalue weighted by atomic mass is 9.91. The highest BCUT2D eigenvalue weighted by Gasteiger charge is 2.23. The second-order valence-corrected chi connectivity index (χ2v) is 7.62. The first-order chi connectivity index (χ1) is 9.89. The molecule has 0 heterocycles. The van der Waals surface area contributed by atoms with Gasteiger partial charge in [0.05, 0.1) is 17.0 Å². The molecular weight excluding hydrogens is 311 g/mol. The van der Waals surface area contributed by atoms with E-state index in [-0.39, 0.29) is 27.9 Å². The van der Waals surface area contributed by atoms with Crippen LogP contribution in [0.15, 0.2) is 18.2 Å². The number of hydrogen-bond acceptors (Lipinski definition) is 3. The number of thiocarbonyl (C=S) groups is 1. The summed E-state index contributed by atoms with van der Waals surface area (Å²) < 4.78 is 40.6. The van der Waals surface area contributed by atoms with E-state index < -0.39 is 15.8 Å². The standard InChI is InChI=1S/C14H19FN2O2S2/c15-11-7-4-8-12(13(11)14(16)20)17-21(18,19)9-10-5-2-1-3-6-10/h4,7-8,10,17H,1-3,5-6,9H2,(H2,16,20). The average Bonchev–Trinajstić information content (AvgIpc) is 2.38. The van der Waals surface area contributed by atoms with Crippen LogP contribution in [0.3, 0.4) is 0 Å². The van der Waals surface area contributed by atoms with Crippen molar-refractivity contribution in [2.45, 2.75) is 32.1 Å². The predicted octanol–water partition coefficient (Wildman–Crippen LogP) is 2.78. The van der Waals surface area contributed by atoms with E-state index in [2.05, 4.69) is 4.72 Å². The molecule has 4 nitrogen and oxygen atoms in total. The Morgan fingerprint density at radius 1 is 1.33 bits per heavy atom. The summed E-state index contributed by atoms with van der Waals surface area (Å²) in [7, 11) is -3.54. The Hall–Kier alpha value is -1.21. The highest BCUT2D eigenvalue weighted by atomic mass is 32.2. The molecule has 0 aromatic heterocycles. The fourth-order valence-corrected chi connectivity index (χ4v) is 4.48. The predicted molar refractivity (Wildman–Crippen MR) is 86.3 cm³/mol. The zero-order chi connectivity index (χ0) is 15.5. The maximum absolute atomic E-state index is 13.7. The zero-order valence-corrected chi connectivity index (χ0v) is 13.3. The van der Waals surface area contributed by atoms with E-state index in [0.717, 1.165) is 25.7 Å². The van der Waals surface area contributed by atoms with Gasteiger partial charge in [0.25, 0.3) is 0 Å². The second-order valence-electron chi connectivity index (χ2n) is 5.41. The molecule has 0 spiro atoms. The molecule has 1 aromatic rings. The van der Waals surface area contributed by atoms with E-state index in [1.807, 2.05) is 0 Å². The molecule has 1 fully saturated rings. The van der Waals surface area contributed by atoms with Crippen LogP contribution < -0.4 is 10.5 Å². The lowest BCUT2D eigenvalue weighted by Gasteiger charge is -2.22. The number of hydrogen-bond donors (Lipinski definition) is 2. The molecule has 1 saturated carbocycles. The molecule has 0 radical (unpaired) electrons. The molecular formula is C14H19FN2O2S2. The van der Waals surface area contributed by atoms with Crippen LogP contribution in [0, 0.1) is 11.7 Å². The molecule has 21 heavy (non-hydrogen) atoms. The summed E-state index contributed by atoms with van der Waals surface area (Å²) in [5.74, 6) is -0.404. The summed E-state index contributed by atoms with van der Waals surface area (Å²) in [6.07, 6.45) is 5.15. The summed E-state index contributed by atoms with van der Waals surface area (Å²) in [6.45, 7) is 0. The lowest BCUT2D eigenvalue weighted by molar-refractivity contribution is 0.385. The molecule has 7 heteroatoms. The van der Waals surface area contributed by atoms with Gasteiger partial charge < -0.3 is 5.73 Å². The Morgan fingerprint density at radius 2 is 2.00 bits per heavy atom. The zero-order valence-electron chi connectivity index (χ0n) is 11.6. The van der Waals surface area contributed by atoms with Gasteiger partial charge in [-0.2, -0.15) is 0 Å². The maximum Gasteiger partial charge on any atom is 0.233 e. The van der Waals surface area contributed by atoms with Crippen molar-refractivity contribution in [3.63, 3.8) is 0 Å². The third kappa shape index (κ3) is 4.38. The van der Waals surface area contributed by atoms with Crippen molar-refractivity contribution in [2.24, 2.45) is 11.7 Å². The van der Waals surface area contributed by atoms with Crippen molar-refractivity contribution in [1.29, 1.82) is 0 Å². The van der Waals surface area contributed by atoms with E-state index >= 15 is 0 Å². The summed E-state index contributed by atoms with van der Waals surface area (Å²) in [4.78, 5) is -0.163. The van der Waals surface area contributed by atoms with Crippen LogP contribution in [-0.2, 0) is 10.0 Å². The van der Waals surface area contributed by atoms with Crippen molar-refractivity contribution < 1.29 is 12.8 Å². The van der Waals surface area contributed by atoms with Crippen molar-refractivity contribution in [1.82, 2.24) is 0 Å². The molecule has 0 amide bonds. The van der Waals surface area contributed by atoms with Crippen molar-refractivity contribution >= 4 is 32.9 Å². The van der Waals surface area contributed by atoms with Gasteiger partial charge in [-0.15, -0.1) is 0 Å². The Balaban J connectivity index is 2.16. The fourth-order valence-electron chi connectivity index (χ4n) is 2.73. The molecule has 0 atom stereocenters. The van der Waals surface area contributed by atoms with Gasteiger partial charge in [0.1, 0.15) is 10.8 Å². The van der Waals surface area contributed by atoms with Gasteiger partial charge in [-0.25, -0.2) is 12.8 Å². The van der Waals surface area contributed by atoms with Crippen LogP contribution in [0.25, 0.3) is 0 Å². The van der Waals surface area contributed by atoms with Crippen LogP contribution in [0.5, 0.6) is 0 Å². The molecule has 3 N–H and O–H groups in total. The van der Waals surface area contributed by atoms with Crippen molar-refractivity contribution in [2.75, 3.05) is 10.5 Å². The first kappa shape index (κ1) is 16.2. The summed E-state index contributed by atoms with van der Waals surface area (Å²) in [6, 6.07) is 4.10. The minimum absolute atomic E-state index is 0.0558. The Labute approximate surface area is 130 Å². The molecule has 0 unspecified atom stereocenters. The van der Waals surface area contributed by atoms with Gasteiger partial charge >= 0.3 is 0 Å². The SMILES string of the molecule is NC(=S)c1c(F)cccc1NS(=O)(=O)CC1CCCCC1. The number of sulfonamides is 1. The second kappa shape index (κ2) is 6.70. The number of rotatable bonds is 5. The summed E-state index contributed by atoms with van der Waals surface area (Å²) in [5, 5.41) is 0. The van der Waals surface area contributed by atoms with Gasteiger partial charge in [-0.3, -0.25) is 4.72 Å². The van der Waals surface area contributed by atoms with Crippen LogP contribution >= 0.6 is 12.2 Å². The molecule has 0 bridgehead atoms. The normalized spacial score (nSPS) is 16.6. The molecule has 2 rings (SSSR count). The Kier molecular flexibility index (Phi) is 5.16. The lowest BCUT2D eigenvalue weighted by Crippen LogP contribution is -2.26. The van der Waals surface area contributed by atoms with E-state index in [1.54, 1.807) is 0 Å². The minimum atomic E-state index is -3.54. The number of nitrogens with two attached hydrogens (primary N) is 1. The van der Waals surface area contributed by atoms with E-state index in [4.69, 9.17) is 18.0 Å². The van der Waals surface area contributed by atoms with Gasteiger partial charge in [0.15, 0.2) is 0 Å². The number of benzene rings is 1. The molecule has 1 aliphatic rings. The highest BCUT2D eigenvalue weighted by molar-refractivity contribution is 7.92. The summed E-state index contributed by atoms with van der Waals surface area (Å²) >= 11 is 4.79. The molecule has 0 aliphatic heterocycles. The number of halogens is 1. The first-order valence-electron chi connectivity index (χ1n) is 6.98.